The first-order valence-electron chi connectivity index (χ1n) is 11.5. The predicted molar refractivity (Wildman–Crippen MR) is 133 cm³/mol. The second kappa shape index (κ2) is 10.8. The van der Waals surface area contributed by atoms with E-state index in [1.54, 1.807) is 0 Å². The summed E-state index contributed by atoms with van der Waals surface area (Å²) in [5, 5.41) is 11.0. The Morgan fingerprint density at radius 1 is 1.00 bits per heavy atom. The van der Waals surface area contributed by atoms with E-state index in [1.165, 1.54) is 60.4 Å². The number of ether oxygens (including phenoxy) is 1. The molecule has 0 aromatic heterocycles. The minimum absolute atomic E-state index is 0.156. The average Bonchev–Trinajstić information content (AvgIpc) is 3.18. The second-order valence-electron chi connectivity index (χ2n) is 8.41. The van der Waals surface area contributed by atoms with E-state index in [-0.39, 0.29) is 30.0 Å². The zero-order valence-corrected chi connectivity index (χ0v) is 19.9. The maximum absolute atomic E-state index is 13.5. The largest absolute Gasteiger partial charge is 0.427 e. The topological polar surface area (TPSA) is 127 Å². The molecule has 0 N–H and O–H groups in total. The Kier molecular flexibility index (Phi) is 7.38. The molecule has 0 bridgehead atoms. The Morgan fingerprint density at radius 3 is 2.24 bits per heavy atom. The van der Waals surface area contributed by atoms with Crippen molar-refractivity contribution in [3.8, 4) is 5.75 Å². The molecule has 1 fully saturated rings. The van der Waals surface area contributed by atoms with E-state index in [0.717, 1.165) is 10.5 Å². The van der Waals surface area contributed by atoms with E-state index in [0.29, 0.717) is 12.1 Å². The number of anilines is 1. The molecular formula is C27H23N3O7. The summed E-state index contributed by atoms with van der Waals surface area (Å²) in [6.07, 6.45) is 0.229. The number of hydrogen-bond acceptors (Lipinski definition) is 7. The van der Waals surface area contributed by atoms with Gasteiger partial charge in [0.05, 0.1) is 17.0 Å². The van der Waals surface area contributed by atoms with E-state index < -0.39 is 34.7 Å². The van der Waals surface area contributed by atoms with E-state index >= 15 is 0 Å². The second-order valence-corrected chi connectivity index (χ2v) is 8.41. The van der Waals surface area contributed by atoms with Gasteiger partial charge in [-0.1, -0.05) is 30.3 Å². The van der Waals surface area contributed by atoms with Gasteiger partial charge in [0.15, 0.2) is 0 Å². The maximum Gasteiger partial charge on any atom is 0.308 e. The van der Waals surface area contributed by atoms with Gasteiger partial charge in [-0.15, -0.1) is 0 Å². The van der Waals surface area contributed by atoms with Crippen LogP contribution in [-0.2, 0) is 20.8 Å². The molecule has 3 aromatic rings. The molecule has 3 amide bonds. The van der Waals surface area contributed by atoms with Crippen molar-refractivity contribution in [2.24, 2.45) is 0 Å². The predicted octanol–water partition coefficient (Wildman–Crippen LogP) is 3.54. The molecule has 0 aliphatic carbocycles. The van der Waals surface area contributed by atoms with Crippen molar-refractivity contribution < 1.29 is 28.8 Å². The SMILES string of the molecule is CC(=O)Oc1ccc(N2C(=O)CC(N(CCc3ccccc3)C(=O)c3ccc([N+](=O)[O-])cc3)C2=O)cc1. The number of esters is 1. The lowest BCUT2D eigenvalue weighted by molar-refractivity contribution is -0.384. The first kappa shape index (κ1) is 25.2. The molecule has 1 aliphatic rings. The Bertz CT molecular complexity index is 1340. The fourth-order valence-electron chi connectivity index (χ4n) is 4.14. The monoisotopic (exact) mass is 501 g/mol. The van der Waals surface area contributed by atoms with Gasteiger partial charge in [0.2, 0.25) is 5.91 Å². The summed E-state index contributed by atoms with van der Waals surface area (Å²) in [5.41, 5.74) is 1.24. The maximum atomic E-state index is 13.5. The van der Waals surface area contributed by atoms with Gasteiger partial charge in [-0.2, -0.15) is 0 Å². The molecule has 4 rings (SSSR count). The van der Waals surface area contributed by atoms with Gasteiger partial charge in [0, 0.05) is 31.2 Å². The highest BCUT2D eigenvalue weighted by Crippen LogP contribution is 2.29. The van der Waals surface area contributed by atoms with Crippen LogP contribution >= 0.6 is 0 Å². The van der Waals surface area contributed by atoms with Crippen LogP contribution in [0, 0.1) is 10.1 Å². The van der Waals surface area contributed by atoms with Crippen molar-refractivity contribution in [3.63, 3.8) is 0 Å². The number of non-ortho nitro benzene ring substituents is 1. The molecule has 0 spiro atoms. The summed E-state index contributed by atoms with van der Waals surface area (Å²) < 4.78 is 5.00. The van der Waals surface area contributed by atoms with Gasteiger partial charge < -0.3 is 9.64 Å². The smallest absolute Gasteiger partial charge is 0.308 e. The van der Waals surface area contributed by atoms with Crippen molar-refractivity contribution in [1.82, 2.24) is 4.90 Å². The first-order valence-corrected chi connectivity index (χ1v) is 11.5. The molecule has 1 heterocycles. The molecule has 1 atom stereocenters. The third kappa shape index (κ3) is 5.69. The van der Waals surface area contributed by atoms with Crippen LogP contribution in [-0.4, -0.2) is 46.1 Å². The summed E-state index contributed by atoms with van der Waals surface area (Å²) in [6, 6.07) is 19.4. The molecule has 0 radical (unpaired) electrons. The standard InChI is InChI=1S/C27H23N3O7/c1-18(31)37-23-13-11-21(12-14-23)29-25(32)17-24(27(29)34)28(16-15-19-5-3-2-4-6-19)26(33)20-7-9-22(10-8-20)30(35)36/h2-14,24H,15-17H2,1H3. The lowest BCUT2D eigenvalue weighted by Gasteiger charge is -2.28. The van der Waals surface area contributed by atoms with Crippen LogP contribution in [0.2, 0.25) is 0 Å². The minimum atomic E-state index is -1.05. The summed E-state index contributed by atoms with van der Waals surface area (Å²) in [4.78, 5) is 63.8. The van der Waals surface area contributed by atoms with Gasteiger partial charge >= 0.3 is 5.97 Å². The number of imide groups is 1. The summed E-state index contributed by atoms with van der Waals surface area (Å²) >= 11 is 0. The lowest BCUT2D eigenvalue weighted by atomic mass is 10.1. The Hall–Kier alpha value is -4.86. The number of amides is 3. The third-order valence-corrected chi connectivity index (χ3v) is 5.93. The molecule has 188 valence electrons. The zero-order chi connectivity index (χ0) is 26.5. The number of hydrogen-bond donors (Lipinski definition) is 0. The van der Waals surface area contributed by atoms with Gasteiger partial charge in [-0.05, 0) is 48.4 Å². The Balaban J connectivity index is 1.61. The van der Waals surface area contributed by atoms with Gasteiger partial charge in [-0.25, -0.2) is 4.90 Å². The van der Waals surface area contributed by atoms with Crippen LogP contribution in [0.3, 0.4) is 0 Å². The highest BCUT2D eigenvalue weighted by Gasteiger charge is 2.44. The van der Waals surface area contributed by atoms with Crippen LogP contribution in [0.15, 0.2) is 78.9 Å². The van der Waals surface area contributed by atoms with E-state index in [1.807, 2.05) is 30.3 Å². The van der Waals surface area contributed by atoms with E-state index in [2.05, 4.69) is 0 Å². The first-order chi connectivity index (χ1) is 17.7. The highest BCUT2D eigenvalue weighted by molar-refractivity contribution is 6.23. The van der Waals surface area contributed by atoms with Gasteiger partial charge in [0.1, 0.15) is 11.8 Å². The van der Waals surface area contributed by atoms with Gasteiger partial charge in [0.25, 0.3) is 17.5 Å². The molecule has 1 saturated heterocycles. The van der Waals surface area contributed by atoms with Crippen LogP contribution in [0.1, 0.15) is 29.3 Å². The summed E-state index contributed by atoms with van der Waals surface area (Å²) in [5.74, 6) is -1.78. The van der Waals surface area contributed by atoms with Crippen molar-refractivity contribution in [1.29, 1.82) is 0 Å². The number of rotatable bonds is 8. The van der Waals surface area contributed by atoms with Gasteiger partial charge in [-0.3, -0.25) is 29.3 Å². The van der Waals surface area contributed by atoms with Crippen LogP contribution in [0.4, 0.5) is 11.4 Å². The zero-order valence-electron chi connectivity index (χ0n) is 19.9. The number of nitrogens with zero attached hydrogens (tertiary/aromatic N) is 3. The van der Waals surface area contributed by atoms with Crippen molar-refractivity contribution in [3.05, 3.63) is 100 Å². The van der Waals surface area contributed by atoms with E-state index in [4.69, 9.17) is 4.74 Å². The van der Waals surface area contributed by atoms with Crippen molar-refractivity contribution >= 4 is 35.1 Å². The number of benzene rings is 3. The number of carbonyl (C=O) groups excluding carboxylic acids is 4. The quantitative estimate of drug-likeness (QED) is 0.152. The van der Waals surface area contributed by atoms with Crippen molar-refractivity contribution in [2.75, 3.05) is 11.4 Å². The normalized spacial score (nSPS) is 14.9. The third-order valence-electron chi connectivity index (χ3n) is 5.93. The van der Waals surface area contributed by atoms with Crippen LogP contribution < -0.4 is 9.64 Å². The fourth-order valence-corrected chi connectivity index (χ4v) is 4.14. The lowest BCUT2D eigenvalue weighted by Crippen LogP contribution is -2.46. The molecule has 0 saturated carbocycles. The van der Waals surface area contributed by atoms with Crippen molar-refractivity contribution in [2.45, 2.75) is 25.8 Å². The average molecular weight is 501 g/mol. The molecule has 10 nitrogen and oxygen atoms in total. The number of carbonyl (C=O) groups is 4. The molecular weight excluding hydrogens is 478 g/mol. The number of nitro benzene ring substituents is 1. The van der Waals surface area contributed by atoms with Crippen LogP contribution in [0.25, 0.3) is 0 Å². The fraction of sp³-hybridized carbons (Fsp3) is 0.185. The minimum Gasteiger partial charge on any atom is -0.427 e. The van der Waals surface area contributed by atoms with Crippen LogP contribution in [0.5, 0.6) is 5.75 Å². The highest BCUT2D eigenvalue weighted by atomic mass is 16.6. The molecule has 1 aliphatic heterocycles. The Labute approximate surface area is 212 Å². The molecule has 3 aromatic carbocycles. The van der Waals surface area contributed by atoms with E-state index in [9.17, 15) is 29.3 Å². The summed E-state index contributed by atoms with van der Waals surface area (Å²) in [6.45, 7) is 1.42. The summed E-state index contributed by atoms with van der Waals surface area (Å²) in [7, 11) is 0. The Morgan fingerprint density at radius 2 is 1.65 bits per heavy atom. The molecule has 10 heteroatoms. The molecule has 1 unspecified atom stereocenters. The molecule has 37 heavy (non-hydrogen) atoms. The number of nitro groups is 1.